The maximum absolute atomic E-state index is 6.11. The molecule has 3 aromatic heterocycles. The van der Waals surface area contributed by atoms with E-state index in [-0.39, 0.29) is 0 Å². The highest BCUT2D eigenvalue weighted by Gasteiger charge is 2.16. The van der Waals surface area contributed by atoms with Crippen LogP contribution in [0.2, 0.25) is 5.15 Å². The Morgan fingerprint density at radius 2 is 2.22 bits per heavy atom. The third-order valence-corrected chi connectivity index (χ3v) is 4.02. The van der Waals surface area contributed by atoms with Crippen LogP contribution >= 0.6 is 22.9 Å². The summed E-state index contributed by atoms with van der Waals surface area (Å²) in [5.41, 5.74) is 2.78. The average molecular weight is 279 g/mol. The average Bonchev–Trinajstić information content (AvgIpc) is 2.92. The highest BCUT2D eigenvalue weighted by Crippen LogP contribution is 2.27. The molecule has 0 radical (unpaired) electrons. The fraction of sp³-hybridized carbons (Fsp3) is 0.250. The van der Waals surface area contributed by atoms with Gasteiger partial charge in [0.05, 0.1) is 22.3 Å². The molecular formula is C12H11ClN4S. The van der Waals surface area contributed by atoms with Gasteiger partial charge in [0, 0.05) is 18.3 Å². The van der Waals surface area contributed by atoms with Gasteiger partial charge in [0.1, 0.15) is 0 Å². The Morgan fingerprint density at radius 1 is 1.39 bits per heavy atom. The van der Waals surface area contributed by atoms with E-state index in [9.17, 15) is 0 Å². The predicted octanol–water partition coefficient (Wildman–Crippen LogP) is 2.98. The van der Waals surface area contributed by atoms with E-state index >= 15 is 0 Å². The van der Waals surface area contributed by atoms with Gasteiger partial charge < -0.3 is 0 Å². The molecule has 0 aliphatic rings. The largest absolute Gasteiger partial charge is 0.266 e. The Morgan fingerprint density at radius 3 is 2.94 bits per heavy atom. The van der Waals surface area contributed by atoms with Crippen LogP contribution in [0.3, 0.4) is 0 Å². The van der Waals surface area contributed by atoms with Gasteiger partial charge in [0.25, 0.3) is 0 Å². The summed E-state index contributed by atoms with van der Waals surface area (Å²) >= 11 is 7.82. The molecule has 0 aromatic carbocycles. The van der Waals surface area contributed by atoms with E-state index in [0.29, 0.717) is 5.15 Å². The first kappa shape index (κ1) is 11.6. The maximum Gasteiger partial charge on any atom is 0.162 e. The van der Waals surface area contributed by atoms with Crippen LogP contribution < -0.4 is 0 Å². The van der Waals surface area contributed by atoms with Gasteiger partial charge in [0.15, 0.2) is 5.15 Å². The SMILES string of the molecule is Cc1nn(C)c2c(Cc3cccs3)nnc(Cl)c12. The second-order valence-electron chi connectivity index (χ2n) is 4.13. The lowest BCUT2D eigenvalue weighted by molar-refractivity contribution is 0.774. The van der Waals surface area contributed by atoms with Crippen molar-refractivity contribution in [1.82, 2.24) is 20.0 Å². The van der Waals surface area contributed by atoms with E-state index in [4.69, 9.17) is 11.6 Å². The highest BCUT2D eigenvalue weighted by atomic mass is 35.5. The van der Waals surface area contributed by atoms with Crippen molar-refractivity contribution in [3.8, 4) is 0 Å². The van der Waals surface area contributed by atoms with Gasteiger partial charge in [-0.15, -0.1) is 16.4 Å². The smallest absolute Gasteiger partial charge is 0.162 e. The molecular weight excluding hydrogens is 268 g/mol. The van der Waals surface area contributed by atoms with Gasteiger partial charge >= 0.3 is 0 Å². The van der Waals surface area contributed by atoms with Crippen LogP contribution in [0.15, 0.2) is 17.5 Å². The number of hydrogen-bond acceptors (Lipinski definition) is 4. The minimum atomic E-state index is 0.422. The molecule has 0 saturated heterocycles. The molecule has 18 heavy (non-hydrogen) atoms. The van der Waals surface area contributed by atoms with Crippen molar-refractivity contribution in [2.24, 2.45) is 7.05 Å². The topological polar surface area (TPSA) is 43.6 Å². The van der Waals surface area contributed by atoms with Gasteiger partial charge in [0.2, 0.25) is 0 Å². The Hall–Kier alpha value is -1.46. The van der Waals surface area contributed by atoms with E-state index in [1.54, 1.807) is 11.3 Å². The standard InChI is InChI=1S/C12H11ClN4S/c1-7-10-11(17(2)16-7)9(14-15-12(10)13)6-8-4-3-5-18-8/h3-5H,6H2,1-2H3. The van der Waals surface area contributed by atoms with Crippen molar-refractivity contribution in [3.63, 3.8) is 0 Å². The lowest BCUT2D eigenvalue weighted by atomic mass is 10.2. The monoisotopic (exact) mass is 278 g/mol. The molecule has 0 atom stereocenters. The summed E-state index contributed by atoms with van der Waals surface area (Å²) in [6.45, 7) is 1.94. The van der Waals surface area contributed by atoms with Crippen molar-refractivity contribution >= 4 is 33.8 Å². The molecule has 0 bridgehead atoms. The highest BCUT2D eigenvalue weighted by molar-refractivity contribution is 7.09. The Bertz CT molecular complexity index is 703. The summed E-state index contributed by atoms with van der Waals surface area (Å²) in [6, 6.07) is 4.13. The van der Waals surface area contributed by atoms with E-state index in [2.05, 4.69) is 26.7 Å². The molecule has 92 valence electrons. The van der Waals surface area contributed by atoms with E-state index in [1.807, 2.05) is 24.7 Å². The molecule has 3 rings (SSSR count). The molecule has 6 heteroatoms. The maximum atomic E-state index is 6.11. The predicted molar refractivity (Wildman–Crippen MR) is 73.2 cm³/mol. The minimum Gasteiger partial charge on any atom is -0.266 e. The number of rotatable bonds is 2. The van der Waals surface area contributed by atoms with Gasteiger partial charge in [-0.05, 0) is 18.4 Å². The van der Waals surface area contributed by atoms with Crippen molar-refractivity contribution in [2.75, 3.05) is 0 Å². The van der Waals surface area contributed by atoms with Gasteiger partial charge in [-0.25, -0.2) is 0 Å². The lowest BCUT2D eigenvalue weighted by Gasteiger charge is -2.03. The van der Waals surface area contributed by atoms with Crippen molar-refractivity contribution in [2.45, 2.75) is 13.3 Å². The molecule has 0 N–H and O–H groups in total. The summed E-state index contributed by atoms with van der Waals surface area (Å²) < 4.78 is 1.83. The van der Waals surface area contributed by atoms with Crippen LogP contribution in [0.5, 0.6) is 0 Å². The number of aryl methyl sites for hydroxylation is 2. The van der Waals surface area contributed by atoms with Crippen LogP contribution in [0.1, 0.15) is 16.3 Å². The van der Waals surface area contributed by atoms with Crippen LogP contribution in [0.4, 0.5) is 0 Å². The number of aromatic nitrogens is 4. The number of fused-ring (bicyclic) bond motifs is 1. The molecule has 3 aromatic rings. The Balaban J connectivity index is 2.21. The molecule has 4 nitrogen and oxygen atoms in total. The number of nitrogens with zero attached hydrogens (tertiary/aromatic N) is 4. The third-order valence-electron chi connectivity index (χ3n) is 2.88. The number of thiophene rings is 1. The molecule has 0 fully saturated rings. The fourth-order valence-electron chi connectivity index (χ4n) is 2.14. The zero-order valence-electron chi connectivity index (χ0n) is 10.0. The summed E-state index contributed by atoms with van der Waals surface area (Å²) in [7, 11) is 1.91. The molecule has 0 amide bonds. The molecule has 0 saturated carbocycles. The molecule has 0 aliphatic carbocycles. The number of halogens is 1. The van der Waals surface area contributed by atoms with Gasteiger partial charge in [-0.2, -0.15) is 10.2 Å². The Labute approximate surface area is 113 Å². The van der Waals surface area contributed by atoms with Crippen LogP contribution in [-0.4, -0.2) is 20.0 Å². The molecule has 0 aliphatic heterocycles. The summed E-state index contributed by atoms with van der Waals surface area (Å²) in [5.74, 6) is 0. The van der Waals surface area contributed by atoms with Crippen molar-refractivity contribution in [1.29, 1.82) is 0 Å². The summed E-state index contributed by atoms with van der Waals surface area (Å²) in [5, 5.41) is 16.0. The van der Waals surface area contributed by atoms with Gasteiger partial charge in [-0.1, -0.05) is 17.7 Å². The molecule has 3 heterocycles. The van der Waals surface area contributed by atoms with Crippen LogP contribution in [0, 0.1) is 6.92 Å². The third kappa shape index (κ3) is 1.79. The first-order valence-electron chi connectivity index (χ1n) is 5.53. The quantitative estimate of drug-likeness (QED) is 0.724. The van der Waals surface area contributed by atoms with Crippen LogP contribution in [0.25, 0.3) is 10.9 Å². The lowest BCUT2D eigenvalue weighted by Crippen LogP contribution is -2.00. The second-order valence-corrected chi connectivity index (χ2v) is 5.52. The zero-order chi connectivity index (χ0) is 12.7. The first-order chi connectivity index (χ1) is 8.66. The second kappa shape index (κ2) is 4.33. The fourth-order valence-corrected chi connectivity index (χ4v) is 3.11. The zero-order valence-corrected chi connectivity index (χ0v) is 11.6. The number of hydrogen-bond donors (Lipinski definition) is 0. The van der Waals surface area contributed by atoms with Crippen molar-refractivity contribution < 1.29 is 0 Å². The summed E-state index contributed by atoms with van der Waals surface area (Å²) in [6.07, 6.45) is 0.761. The van der Waals surface area contributed by atoms with E-state index in [1.165, 1.54) is 4.88 Å². The minimum absolute atomic E-state index is 0.422. The van der Waals surface area contributed by atoms with E-state index in [0.717, 1.165) is 28.7 Å². The normalized spacial score (nSPS) is 11.3. The Kier molecular flexibility index (Phi) is 2.80. The van der Waals surface area contributed by atoms with Gasteiger partial charge in [-0.3, -0.25) is 4.68 Å². The van der Waals surface area contributed by atoms with Crippen LogP contribution in [-0.2, 0) is 13.5 Å². The molecule has 0 spiro atoms. The summed E-state index contributed by atoms with van der Waals surface area (Å²) in [4.78, 5) is 1.26. The van der Waals surface area contributed by atoms with Crippen molar-refractivity contribution in [3.05, 3.63) is 38.9 Å². The van der Waals surface area contributed by atoms with E-state index < -0.39 is 0 Å². The first-order valence-corrected chi connectivity index (χ1v) is 6.79. The molecule has 0 unspecified atom stereocenters.